The summed E-state index contributed by atoms with van der Waals surface area (Å²) in [6.07, 6.45) is 0.788. The van der Waals surface area contributed by atoms with Crippen molar-refractivity contribution in [1.29, 1.82) is 0 Å². The van der Waals surface area contributed by atoms with E-state index in [0.717, 1.165) is 16.6 Å². The summed E-state index contributed by atoms with van der Waals surface area (Å²) in [7, 11) is 1.57. The van der Waals surface area contributed by atoms with Crippen molar-refractivity contribution in [2.24, 2.45) is 0 Å². The molecule has 38 heavy (non-hydrogen) atoms. The van der Waals surface area contributed by atoms with E-state index in [9.17, 15) is 9.59 Å². The van der Waals surface area contributed by atoms with Gasteiger partial charge in [-0.2, -0.15) is 0 Å². The van der Waals surface area contributed by atoms with Crippen molar-refractivity contribution in [3.63, 3.8) is 0 Å². The second kappa shape index (κ2) is 10.0. The Balaban J connectivity index is 1.36. The smallest absolute Gasteiger partial charge is 0.272 e. The van der Waals surface area contributed by atoms with Gasteiger partial charge in [-0.15, -0.1) is 11.3 Å². The highest BCUT2D eigenvalue weighted by molar-refractivity contribution is 7.17. The number of aryl methyl sites for hydroxylation is 2. The first kappa shape index (κ1) is 23.8. The Hall–Kier alpha value is -4.62. The van der Waals surface area contributed by atoms with Gasteiger partial charge in [-0.25, -0.2) is 0 Å². The molecule has 3 aromatic heterocycles. The van der Waals surface area contributed by atoms with Gasteiger partial charge in [-0.1, -0.05) is 42.5 Å². The van der Waals surface area contributed by atoms with Crippen LogP contribution in [0.25, 0.3) is 21.2 Å². The van der Waals surface area contributed by atoms with Crippen molar-refractivity contribution in [2.45, 2.75) is 13.0 Å². The molecule has 0 radical (unpaired) electrons. The predicted octanol–water partition coefficient (Wildman–Crippen LogP) is 7.18. The number of fused-ring (bicyclic) bond motifs is 2. The van der Waals surface area contributed by atoms with Gasteiger partial charge in [0.25, 0.3) is 5.91 Å². The number of hydrogen-bond acceptors (Lipinski definition) is 5. The topological polar surface area (TPSA) is 73.5 Å². The fourth-order valence-corrected chi connectivity index (χ4v) is 5.49. The average Bonchev–Trinajstić information content (AvgIpc) is 3.66. The molecule has 0 saturated carbocycles. The highest BCUT2D eigenvalue weighted by Gasteiger charge is 2.25. The standard InChI is InChI=1S/C31H24N2O4S/c1-36-22-13-11-21(12-14-22)29(34)30-28(23-9-5-6-10-26(23)37-30)32-31(35)25-19-27-24(16-18-38-27)33(25)17-15-20-7-3-2-4-8-20/h2-14,16,18-19H,15,17H2,1H3,(H,32,35). The minimum Gasteiger partial charge on any atom is -0.497 e. The number of ketones is 1. The number of nitrogens with zero attached hydrogens (tertiary/aromatic N) is 1. The van der Waals surface area contributed by atoms with E-state index in [1.165, 1.54) is 5.56 Å². The summed E-state index contributed by atoms with van der Waals surface area (Å²) in [4.78, 5) is 27.2. The van der Waals surface area contributed by atoms with Crippen LogP contribution in [0.5, 0.6) is 5.75 Å². The van der Waals surface area contributed by atoms with E-state index in [4.69, 9.17) is 9.15 Å². The third-order valence-electron chi connectivity index (χ3n) is 6.61. The van der Waals surface area contributed by atoms with Gasteiger partial charge in [-0.05, 0) is 65.9 Å². The molecular formula is C31H24N2O4S. The third kappa shape index (κ3) is 4.37. The molecule has 6 nitrogen and oxygen atoms in total. The number of furan rings is 1. The summed E-state index contributed by atoms with van der Waals surface area (Å²) in [5.41, 5.74) is 4.08. The fraction of sp³-hybridized carbons (Fsp3) is 0.0968. The number of amides is 1. The molecule has 0 atom stereocenters. The van der Waals surface area contributed by atoms with Crippen LogP contribution in [0.15, 0.2) is 101 Å². The largest absolute Gasteiger partial charge is 0.497 e. The number of para-hydroxylation sites is 1. The highest BCUT2D eigenvalue weighted by atomic mass is 32.1. The zero-order valence-electron chi connectivity index (χ0n) is 20.6. The van der Waals surface area contributed by atoms with Gasteiger partial charge < -0.3 is 19.0 Å². The van der Waals surface area contributed by atoms with E-state index < -0.39 is 0 Å². The SMILES string of the molecule is COc1ccc(C(=O)c2oc3ccccc3c2NC(=O)c2cc3sccc3n2CCc2ccccc2)cc1. The molecular weight excluding hydrogens is 496 g/mol. The molecule has 1 amide bonds. The van der Waals surface area contributed by atoms with E-state index in [1.807, 2.05) is 58.5 Å². The molecule has 0 fully saturated rings. The number of methoxy groups -OCH3 is 1. The number of rotatable bonds is 8. The zero-order chi connectivity index (χ0) is 26.1. The fourth-order valence-electron chi connectivity index (χ4n) is 4.67. The first-order valence-corrected chi connectivity index (χ1v) is 13.1. The average molecular weight is 521 g/mol. The minimum atomic E-state index is -0.320. The summed E-state index contributed by atoms with van der Waals surface area (Å²) in [6.45, 7) is 0.650. The van der Waals surface area contributed by atoms with E-state index >= 15 is 0 Å². The predicted molar refractivity (Wildman–Crippen MR) is 151 cm³/mol. The summed E-state index contributed by atoms with van der Waals surface area (Å²) in [5, 5.41) is 5.71. The lowest BCUT2D eigenvalue weighted by Gasteiger charge is -2.11. The second-order valence-electron chi connectivity index (χ2n) is 8.90. The van der Waals surface area contributed by atoms with Crippen LogP contribution in [0.1, 0.15) is 32.2 Å². The lowest BCUT2D eigenvalue weighted by Crippen LogP contribution is -2.19. The molecule has 188 valence electrons. The summed E-state index contributed by atoms with van der Waals surface area (Å²) < 4.78 is 14.3. The molecule has 0 aliphatic carbocycles. The maximum absolute atomic E-state index is 13.8. The van der Waals surface area contributed by atoms with Gasteiger partial charge >= 0.3 is 0 Å². The molecule has 6 rings (SSSR count). The Morgan fingerprint density at radius 1 is 0.947 bits per heavy atom. The maximum Gasteiger partial charge on any atom is 0.272 e. The van der Waals surface area contributed by atoms with Crippen molar-refractivity contribution < 1.29 is 18.7 Å². The van der Waals surface area contributed by atoms with E-state index in [1.54, 1.807) is 48.8 Å². The summed E-state index contributed by atoms with van der Waals surface area (Å²) >= 11 is 1.60. The third-order valence-corrected chi connectivity index (χ3v) is 7.47. The zero-order valence-corrected chi connectivity index (χ0v) is 21.5. The molecule has 0 bridgehead atoms. The number of thiophene rings is 1. The quantitative estimate of drug-likeness (QED) is 0.216. The highest BCUT2D eigenvalue weighted by Crippen LogP contribution is 2.34. The number of carbonyl (C=O) groups excluding carboxylic acids is 2. The van der Waals surface area contributed by atoms with Crippen LogP contribution < -0.4 is 10.1 Å². The Bertz CT molecular complexity index is 1760. The number of hydrogen-bond donors (Lipinski definition) is 1. The number of aromatic nitrogens is 1. The number of anilines is 1. The Kier molecular flexibility index (Phi) is 6.27. The van der Waals surface area contributed by atoms with Crippen molar-refractivity contribution in [3.8, 4) is 5.75 Å². The van der Waals surface area contributed by atoms with Crippen LogP contribution in [0.3, 0.4) is 0 Å². The maximum atomic E-state index is 13.8. The van der Waals surface area contributed by atoms with Crippen LogP contribution in [0, 0.1) is 0 Å². The molecule has 0 spiro atoms. The number of nitrogens with one attached hydrogen (secondary N) is 1. The number of carbonyl (C=O) groups is 2. The normalized spacial score (nSPS) is 11.2. The second-order valence-corrected chi connectivity index (χ2v) is 9.85. The van der Waals surface area contributed by atoms with Crippen molar-refractivity contribution >= 4 is 49.9 Å². The monoisotopic (exact) mass is 520 g/mol. The van der Waals surface area contributed by atoms with E-state index in [-0.39, 0.29) is 17.5 Å². The van der Waals surface area contributed by atoms with Crippen molar-refractivity contribution in [2.75, 3.05) is 12.4 Å². The van der Waals surface area contributed by atoms with Gasteiger partial charge in [-0.3, -0.25) is 9.59 Å². The van der Waals surface area contributed by atoms with Crippen LogP contribution in [0.4, 0.5) is 5.69 Å². The molecule has 1 N–H and O–H groups in total. The van der Waals surface area contributed by atoms with Crippen LogP contribution >= 0.6 is 11.3 Å². The molecule has 3 aromatic carbocycles. The van der Waals surface area contributed by atoms with Gasteiger partial charge in [0, 0.05) is 17.5 Å². The minimum absolute atomic E-state index is 0.0916. The Morgan fingerprint density at radius 3 is 2.50 bits per heavy atom. The van der Waals surface area contributed by atoms with Crippen molar-refractivity contribution in [1.82, 2.24) is 4.57 Å². The summed E-state index contributed by atoms with van der Waals surface area (Å²) in [5.74, 6) is 0.126. The molecule has 0 aliphatic rings. The van der Waals surface area contributed by atoms with Crippen LogP contribution in [-0.2, 0) is 13.0 Å². The van der Waals surface area contributed by atoms with E-state index in [2.05, 4.69) is 17.4 Å². The van der Waals surface area contributed by atoms with Crippen LogP contribution in [0.2, 0.25) is 0 Å². The Morgan fingerprint density at radius 2 is 1.71 bits per heavy atom. The lowest BCUT2D eigenvalue weighted by atomic mass is 10.1. The number of ether oxygens (including phenoxy) is 1. The molecule has 0 saturated heterocycles. The molecule has 0 unspecified atom stereocenters. The van der Waals surface area contributed by atoms with E-state index in [0.29, 0.717) is 40.2 Å². The van der Waals surface area contributed by atoms with Gasteiger partial charge in [0.15, 0.2) is 5.76 Å². The summed E-state index contributed by atoms with van der Waals surface area (Å²) in [6, 6.07) is 28.3. The van der Waals surface area contributed by atoms with Gasteiger partial charge in [0.2, 0.25) is 5.78 Å². The van der Waals surface area contributed by atoms with Gasteiger partial charge in [0.05, 0.1) is 23.0 Å². The molecule has 6 aromatic rings. The molecule has 3 heterocycles. The Labute approximate surface area is 223 Å². The molecule has 0 aliphatic heterocycles. The van der Waals surface area contributed by atoms with Crippen molar-refractivity contribution in [3.05, 3.63) is 119 Å². The molecule has 7 heteroatoms. The first-order chi connectivity index (χ1) is 18.6. The first-order valence-electron chi connectivity index (χ1n) is 12.2. The lowest BCUT2D eigenvalue weighted by molar-refractivity contribution is 0.101. The van der Waals surface area contributed by atoms with Gasteiger partial charge in [0.1, 0.15) is 17.0 Å². The van der Waals surface area contributed by atoms with Crippen LogP contribution in [-0.4, -0.2) is 23.4 Å². The number of benzene rings is 3.